The van der Waals surface area contributed by atoms with Gasteiger partial charge in [0.25, 0.3) is 5.91 Å². The largest absolute Gasteiger partial charge is 0.508 e. The van der Waals surface area contributed by atoms with Gasteiger partial charge in [-0.3, -0.25) is 19.3 Å². The molecule has 3 aliphatic carbocycles. The number of benzene rings is 1. The molecule has 1 unspecified atom stereocenters. The highest BCUT2D eigenvalue weighted by atomic mass is 35.5. The summed E-state index contributed by atoms with van der Waals surface area (Å²) in [5.74, 6) is -8.35. The number of phenolic OH excluding ortho intramolecular Hbond substituents is 1. The number of Topliss-reactive ketones (excluding diaryl/α,β-unsaturated/α-hetero) is 2. The van der Waals surface area contributed by atoms with Crippen molar-refractivity contribution in [3.8, 4) is 5.75 Å². The van der Waals surface area contributed by atoms with Crippen LogP contribution in [0.2, 0.25) is 5.02 Å². The van der Waals surface area contributed by atoms with Gasteiger partial charge in [0, 0.05) is 16.5 Å². The van der Waals surface area contributed by atoms with Crippen LogP contribution >= 0.6 is 11.6 Å². The van der Waals surface area contributed by atoms with E-state index in [0.29, 0.717) is 0 Å². The fraction of sp³-hybridized carbons (Fsp3) is 0.409. The summed E-state index contributed by atoms with van der Waals surface area (Å²) in [5, 5.41) is 66.8. The predicted octanol–water partition coefficient (Wildman–Crippen LogP) is -0.603. The number of hydrogen-bond acceptors (Lipinski definition) is 10. The number of amides is 1. The molecule has 0 aromatic heterocycles. The Bertz CT molecular complexity index is 1250. The molecule has 1 aromatic rings. The monoisotopic (exact) mass is 494 g/mol. The molecule has 12 heteroatoms. The first-order valence-corrected chi connectivity index (χ1v) is 10.5. The van der Waals surface area contributed by atoms with E-state index in [4.69, 9.17) is 17.3 Å². The molecule has 8 N–H and O–H groups in total. The van der Waals surface area contributed by atoms with Crippen LogP contribution in [-0.4, -0.2) is 84.4 Å². The smallest absolute Gasteiger partial charge is 0.255 e. The lowest BCUT2D eigenvalue weighted by molar-refractivity contribution is -0.190. The molecule has 1 fully saturated rings. The molecule has 11 nitrogen and oxygen atoms in total. The molecule has 182 valence electrons. The summed E-state index contributed by atoms with van der Waals surface area (Å²) in [6.45, 7) is 1.10. The summed E-state index contributed by atoms with van der Waals surface area (Å²) in [6.07, 6.45) is -0.738. The summed E-state index contributed by atoms with van der Waals surface area (Å²) in [7, 11) is 2.81. The Balaban J connectivity index is 2.13. The molecule has 0 bridgehead atoms. The predicted molar refractivity (Wildman–Crippen MR) is 117 cm³/mol. The molecule has 1 amide bonds. The highest BCUT2D eigenvalue weighted by Crippen LogP contribution is 2.60. The van der Waals surface area contributed by atoms with Crippen molar-refractivity contribution < 1.29 is 45.0 Å². The van der Waals surface area contributed by atoms with Crippen LogP contribution in [0, 0.1) is 5.92 Å². The molecule has 3 aliphatic rings. The van der Waals surface area contributed by atoms with E-state index in [2.05, 4.69) is 0 Å². The Hall–Kier alpha value is -2.96. The minimum atomic E-state index is -2.97. The van der Waals surface area contributed by atoms with Crippen molar-refractivity contribution in [2.24, 2.45) is 11.7 Å². The summed E-state index contributed by atoms with van der Waals surface area (Å²) in [6, 6.07) is 0.873. The van der Waals surface area contributed by atoms with E-state index in [1.165, 1.54) is 25.1 Å². The highest BCUT2D eigenvalue weighted by molar-refractivity contribution is 6.32. The second-order valence-electron chi connectivity index (χ2n) is 9.24. The van der Waals surface area contributed by atoms with E-state index in [1.54, 1.807) is 0 Å². The van der Waals surface area contributed by atoms with Crippen LogP contribution < -0.4 is 5.73 Å². The Morgan fingerprint density at radius 2 is 1.74 bits per heavy atom. The van der Waals surface area contributed by atoms with Gasteiger partial charge < -0.3 is 36.4 Å². The number of aliphatic hydroxyl groups is 5. The van der Waals surface area contributed by atoms with Gasteiger partial charge in [0.05, 0.1) is 17.2 Å². The summed E-state index contributed by atoms with van der Waals surface area (Å²) in [4.78, 5) is 40.1. The number of aliphatic hydroxyl groups excluding tert-OH is 2. The molecule has 1 aromatic carbocycles. The molecule has 34 heavy (non-hydrogen) atoms. The Morgan fingerprint density at radius 3 is 2.26 bits per heavy atom. The average Bonchev–Trinajstić information content (AvgIpc) is 2.70. The number of likely N-dealkylation sites (N-methyl/N-ethyl adjacent to an activating group) is 1. The zero-order valence-electron chi connectivity index (χ0n) is 18.3. The molecule has 0 spiro atoms. The molecular formula is C22H23ClN2O9. The zero-order chi connectivity index (χ0) is 25.7. The quantitative estimate of drug-likeness (QED) is 0.260. The molecule has 5 atom stereocenters. The number of carbonyl (C=O) groups is 3. The van der Waals surface area contributed by atoms with Crippen LogP contribution in [0.1, 0.15) is 24.5 Å². The first-order valence-electron chi connectivity index (χ1n) is 10.2. The third kappa shape index (κ3) is 2.58. The van der Waals surface area contributed by atoms with Crippen LogP contribution in [0.15, 0.2) is 29.0 Å². The number of ketones is 2. The number of rotatable bonds is 2. The Kier molecular flexibility index (Phi) is 5.00. The van der Waals surface area contributed by atoms with Gasteiger partial charge in [-0.1, -0.05) is 11.6 Å². The number of hydrogen-bond donors (Lipinski definition) is 7. The van der Waals surface area contributed by atoms with Gasteiger partial charge in [-0.25, -0.2) is 0 Å². The van der Waals surface area contributed by atoms with E-state index in [-0.39, 0.29) is 10.6 Å². The van der Waals surface area contributed by atoms with Gasteiger partial charge >= 0.3 is 0 Å². The minimum Gasteiger partial charge on any atom is -0.508 e. The van der Waals surface area contributed by atoms with Gasteiger partial charge in [-0.05, 0) is 39.6 Å². The molecule has 0 aliphatic heterocycles. The molecular weight excluding hydrogens is 472 g/mol. The SMILES string of the molecule is CN(C)[C@@H]1C(=O)C(C(N)=O)=C(O)[C@@]2(O)C(=O)C3=C(O)c4c(O)ccc(Cl)c4[C@@](C)(O)C3(O)C[C@@H]12. The van der Waals surface area contributed by atoms with Crippen molar-refractivity contribution >= 4 is 34.8 Å². The van der Waals surface area contributed by atoms with E-state index >= 15 is 0 Å². The lowest BCUT2D eigenvalue weighted by Crippen LogP contribution is -2.71. The van der Waals surface area contributed by atoms with Crippen LogP contribution in [0.3, 0.4) is 0 Å². The third-order valence-electron chi connectivity index (χ3n) is 7.23. The number of primary amides is 1. The number of nitrogens with two attached hydrogens (primary N) is 1. The molecule has 0 saturated heterocycles. The van der Waals surface area contributed by atoms with Gasteiger partial charge in [0.1, 0.15) is 34.0 Å². The standard InChI is InChI=1S/C22H23ClN2O9/c1-20(32)12-8(23)4-5-9(26)10(12)15(27)13-18(30)22(34)7(6-21(13,20)33)14(25(2)3)16(28)11(17(22)29)19(24)31/h4-5,7,14,26-27,29,32-34H,6H2,1-3H3,(H2,24,31)/t7-,14-,20+,21?,22+/m0/s1. The van der Waals surface area contributed by atoms with Crippen LogP contribution in [-0.2, 0) is 20.0 Å². The van der Waals surface area contributed by atoms with E-state index in [1.807, 2.05) is 0 Å². The number of fused-ring (bicyclic) bond motifs is 3. The number of phenols is 1. The minimum absolute atomic E-state index is 0.146. The second kappa shape index (κ2) is 7.03. The fourth-order valence-electron chi connectivity index (χ4n) is 5.57. The lowest BCUT2D eigenvalue weighted by atomic mass is 9.52. The van der Waals surface area contributed by atoms with Crippen molar-refractivity contribution in [1.29, 1.82) is 0 Å². The van der Waals surface area contributed by atoms with Crippen LogP contribution in [0.4, 0.5) is 0 Å². The molecule has 4 rings (SSSR count). The van der Waals surface area contributed by atoms with Crippen LogP contribution in [0.25, 0.3) is 5.76 Å². The summed E-state index contributed by atoms with van der Waals surface area (Å²) in [5.41, 5.74) is -5.43. The molecule has 0 heterocycles. The zero-order valence-corrected chi connectivity index (χ0v) is 19.1. The van der Waals surface area contributed by atoms with E-state index in [9.17, 15) is 45.0 Å². The normalized spacial score (nSPS) is 35.3. The summed E-state index contributed by atoms with van der Waals surface area (Å²) < 4.78 is 0. The van der Waals surface area contributed by atoms with Gasteiger partial charge in [-0.2, -0.15) is 0 Å². The number of halogens is 1. The first kappa shape index (κ1) is 24.2. The summed E-state index contributed by atoms with van der Waals surface area (Å²) >= 11 is 6.23. The Labute approximate surface area is 198 Å². The van der Waals surface area contributed by atoms with Crippen molar-refractivity contribution in [1.82, 2.24) is 4.90 Å². The van der Waals surface area contributed by atoms with Crippen molar-refractivity contribution in [2.45, 2.75) is 36.2 Å². The maximum atomic E-state index is 13.7. The maximum Gasteiger partial charge on any atom is 0.255 e. The Morgan fingerprint density at radius 1 is 1.15 bits per heavy atom. The van der Waals surface area contributed by atoms with E-state index in [0.717, 1.165) is 13.0 Å². The maximum absolute atomic E-state index is 13.7. The topological polar surface area (TPSA) is 202 Å². The second-order valence-corrected chi connectivity index (χ2v) is 9.65. The van der Waals surface area contributed by atoms with Crippen molar-refractivity contribution in [3.05, 3.63) is 45.2 Å². The van der Waals surface area contributed by atoms with E-state index < -0.39 is 86.6 Å². The average molecular weight is 495 g/mol. The number of carbonyl (C=O) groups excluding carboxylic acids is 3. The highest BCUT2D eigenvalue weighted by Gasteiger charge is 2.71. The molecule has 0 radical (unpaired) electrons. The fourth-order valence-corrected chi connectivity index (χ4v) is 5.91. The van der Waals surface area contributed by atoms with Gasteiger partial charge in [0.2, 0.25) is 5.78 Å². The third-order valence-corrected chi connectivity index (χ3v) is 7.55. The van der Waals surface area contributed by atoms with Gasteiger partial charge in [0.15, 0.2) is 11.4 Å². The molecule has 1 saturated carbocycles. The van der Waals surface area contributed by atoms with Crippen molar-refractivity contribution in [2.75, 3.05) is 14.1 Å². The number of aromatic hydroxyl groups is 1. The lowest BCUT2D eigenvalue weighted by Gasteiger charge is -2.56. The van der Waals surface area contributed by atoms with Crippen LogP contribution in [0.5, 0.6) is 5.75 Å². The van der Waals surface area contributed by atoms with Gasteiger partial charge in [-0.15, -0.1) is 0 Å². The van der Waals surface area contributed by atoms with Crippen molar-refractivity contribution in [3.63, 3.8) is 0 Å². The number of nitrogens with zero attached hydrogens (tertiary/aromatic N) is 1. The first-order chi connectivity index (χ1) is 15.5.